The average Bonchev–Trinajstić information content (AvgIpc) is 3.43. The molecule has 174 valence electrons. The highest BCUT2D eigenvalue weighted by Gasteiger charge is 2.35. The average molecular weight is 450 g/mol. The van der Waals surface area contributed by atoms with Crippen LogP contribution in [0.1, 0.15) is 37.0 Å². The predicted molar refractivity (Wildman–Crippen MR) is 127 cm³/mol. The molecule has 0 saturated carbocycles. The normalized spacial score (nSPS) is 24.3. The molecular weight excluding hydrogens is 418 g/mol. The molecule has 0 bridgehead atoms. The number of hydrogen-bond donors (Lipinski definition) is 2. The van der Waals surface area contributed by atoms with Gasteiger partial charge in [-0.1, -0.05) is 30.4 Å². The van der Waals surface area contributed by atoms with Gasteiger partial charge in [-0.25, -0.2) is 0 Å². The van der Waals surface area contributed by atoms with Crippen LogP contribution < -0.4 is 24.8 Å². The van der Waals surface area contributed by atoms with Crippen LogP contribution in [0.4, 0.5) is 0 Å². The van der Waals surface area contributed by atoms with Crippen LogP contribution >= 0.6 is 0 Å². The highest BCUT2D eigenvalue weighted by Crippen LogP contribution is 2.46. The Morgan fingerprint density at radius 2 is 2.15 bits per heavy atom. The number of ether oxygens (including phenoxy) is 3. The second-order valence-corrected chi connectivity index (χ2v) is 9.25. The van der Waals surface area contributed by atoms with Crippen molar-refractivity contribution in [2.75, 3.05) is 26.7 Å². The van der Waals surface area contributed by atoms with Crippen molar-refractivity contribution >= 4 is 5.91 Å². The molecule has 5 rings (SSSR count). The van der Waals surface area contributed by atoms with Gasteiger partial charge < -0.3 is 29.7 Å². The summed E-state index contributed by atoms with van der Waals surface area (Å²) in [6, 6.07) is 4.07. The Morgan fingerprint density at radius 1 is 1.27 bits per heavy atom. The summed E-state index contributed by atoms with van der Waals surface area (Å²) in [5, 5.41) is 6.69. The number of hydrogen-bond acceptors (Lipinski definition) is 6. The lowest BCUT2D eigenvalue weighted by Crippen LogP contribution is -2.46. The minimum Gasteiger partial charge on any atom is -0.493 e. The third kappa shape index (κ3) is 4.37. The van der Waals surface area contributed by atoms with Gasteiger partial charge in [-0.2, -0.15) is 0 Å². The molecule has 0 radical (unpaired) electrons. The summed E-state index contributed by atoms with van der Waals surface area (Å²) in [6.07, 6.45) is 15.2. The molecule has 7 heteroatoms. The number of methoxy groups -OCH3 is 1. The Balaban J connectivity index is 1.33. The zero-order chi connectivity index (χ0) is 23.0. The van der Waals surface area contributed by atoms with Crippen molar-refractivity contribution in [3.8, 4) is 17.2 Å². The lowest BCUT2D eigenvalue weighted by molar-refractivity contribution is -0.0439. The number of nitrogens with zero attached hydrogens (tertiary/aromatic N) is 1. The standard InChI is InChI=1S/C26H31N3O4/c1-26(2)32-23-14-18(13-22(31-3)24(23)33-26)25(30)28-15-20-11-10-17-7-4-5-9-21(17)29(20)16-19-8-6-12-27-19/h4-5,7,9-11,13-14,19,21,27H,6,8,12,15-16H2,1-3H3,(H,28,30)/t19?,21-/m0/s1. The minimum absolute atomic E-state index is 0.182. The first-order chi connectivity index (χ1) is 15.9. The van der Waals surface area contributed by atoms with E-state index in [1.54, 1.807) is 19.2 Å². The fraction of sp³-hybridized carbons (Fsp3) is 0.423. The molecule has 1 fully saturated rings. The molecular formula is C26H31N3O4. The molecule has 3 aliphatic heterocycles. The maximum Gasteiger partial charge on any atom is 0.251 e. The van der Waals surface area contributed by atoms with E-state index in [1.807, 2.05) is 13.8 Å². The van der Waals surface area contributed by atoms with Crippen LogP contribution in [0.5, 0.6) is 17.2 Å². The Hall–Kier alpha value is -3.19. The maximum absolute atomic E-state index is 13.1. The number of fused-ring (bicyclic) bond motifs is 2. The van der Waals surface area contributed by atoms with Gasteiger partial charge in [0.05, 0.1) is 19.7 Å². The van der Waals surface area contributed by atoms with Crippen molar-refractivity contribution in [1.29, 1.82) is 0 Å². The Kier molecular flexibility index (Phi) is 5.66. The first-order valence-corrected chi connectivity index (χ1v) is 11.6. The third-order valence-electron chi connectivity index (χ3n) is 6.42. The SMILES string of the molecule is COc1cc(C(=O)NCC2=CC=C3C=CC=C[C@@H]3N2CC2CCCN2)cc2c1OC(C)(C)O2. The van der Waals surface area contributed by atoms with E-state index >= 15 is 0 Å². The first-order valence-electron chi connectivity index (χ1n) is 11.6. The molecule has 1 aromatic rings. The van der Waals surface area contributed by atoms with Crippen LogP contribution in [-0.4, -0.2) is 55.4 Å². The number of benzene rings is 1. The van der Waals surface area contributed by atoms with Crippen molar-refractivity contribution in [3.05, 3.63) is 65.4 Å². The van der Waals surface area contributed by atoms with Gasteiger partial charge in [0.15, 0.2) is 11.5 Å². The number of nitrogens with one attached hydrogen (secondary N) is 2. The van der Waals surface area contributed by atoms with Gasteiger partial charge in [-0.05, 0) is 43.2 Å². The number of amides is 1. The number of rotatable bonds is 6. The molecule has 1 amide bonds. The molecule has 3 heterocycles. The van der Waals surface area contributed by atoms with E-state index in [-0.39, 0.29) is 11.9 Å². The minimum atomic E-state index is -0.793. The molecule has 2 N–H and O–H groups in total. The molecule has 1 saturated heterocycles. The summed E-state index contributed by atoms with van der Waals surface area (Å²) in [7, 11) is 1.56. The van der Waals surface area contributed by atoms with Gasteiger partial charge in [0, 0.05) is 37.7 Å². The van der Waals surface area contributed by atoms with Gasteiger partial charge in [-0.3, -0.25) is 4.79 Å². The summed E-state index contributed by atoms with van der Waals surface area (Å²) in [5.41, 5.74) is 2.84. The molecule has 1 aliphatic carbocycles. The second-order valence-electron chi connectivity index (χ2n) is 9.25. The number of carbonyl (C=O) groups is 1. The molecule has 33 heavy (non-hydrogen) atoms. The summed E-state index contributed by atoms with van der Waals surface area (Å²) in [4.78, 5) is 15.5. The van der Waals surface area contributed by atoms with E-state index in [0.29, 0.717) is 35.4 Å². The van der Waals surface area contributed by atoms with Gasteiger partial charge in [-0.15, -0.1) is 0 Å². The molecule has 4 aliphatic rings. The largest absolute Gasteiger partial charge is 0.493 e. The highest BCUT2D eigenvalue weighted by molar-refractivity contribution is 5.95. The summed E-state index contributed by atoms with van der Waals surface area (Å²) in [5.74, 6) is 0.554. The molecule has 7 nitrogen and oxygen atoms in total. The molecule has 0 aromatic heterocycles. The quantitative estimate of drug-likeness (QED) is 0.694. The van der Waals surface area contributed by atoms with Crippen LogP contribution in [0.15, 0.2) is 59.9 Å². The van der Waals surface area contributed by atoms with Crippen molar-refractivity contribution in [2.45, 2.75) is 44.6 Å². The van der Waals surface area contributed by atoms with Crippen molar-refractivity contribution < 1.29 is 19.0 Å². The van der Waals surface area contributed by atoms with Crippen LogP contribution in [-0.2, 0) is 0 Å². The second kappa shape index (κ2) is 8.63. The lowest BCUT2D eigenvalue weighted by Gasteiger charge is -2.39. The smallest absolute Gasteiger partial charge is 0.251 e. The monoisotopic (exact) mass is 449 g/mol. The highest BCUT2D eigenvalue weighted by atomic mass is 16.7. The Morgan fingerprint density at radius 3 is 2.94 bits per heavy atom. The lowest BCUT2D eigenvalue weighted by atomic mass is 9.95. The summed E-state index contributed by atoms with van der Waals surface area (Å²) < 4.78 is 17.1. The summed E-state index contributed by atoms with van der Waals surface area (Å²) in [6.45, 7) is 6.07. The number of allylic oxidation sites excluding steroid dienone is 4. The van der Waals surface area contributed by atoms with Crippen LogP contribution in [0.2, 0.25) is 0 Å². The fourth-order valence-corrected chi connectivity index (χ4v) is 4.83. The van der Waals surface area contributed by atoms with Crippen LogP contribution in [0.25, 0.3) is 0 Å². The molecule has 1 aromatic carbocycles. The predicted octanol–water partition coefficient (Wildman–Crippen LogP) is 3.30. The van der Waals surface area contributed by atoms with E-state index in [0.717, 1.165) is 18.8 Å². The van der Waals surface area contributed by atoms with Crippen molar-refractivity contribution in [1.82, 2.24) is 15.5 Å². The van der Waals surface area contributed by atoms with Gasteiger partial charge in [0.2, 0.25) is 11.5 Å². The zero-order valence-corrected chi connectivity index (χ0v) is 19.4. The van der Waals surface area contributed by atoms with E-state index in [4.69, 9.17) is 14.2 Å². The first kappa shape index (κ1) is 21.6. The van der Waals surface area contributed by atoms with Gasteiger partial charge in [0.1, 0.15) is 0 Å². The van der Waals surface area contributed by atoms with E-state index in [9.17, 15) is 4.79 Å². The Labute approximate surface area is 194 Å². The van der Waals surface area contributed by atoms with Crippen LogP contribution in [0, 0.1) is 0 Å². The van der Waals surface area contributed by atoms with Crippen LogP contribution in [0.3, 0.4) is 0 Å². The van der Waals surface area contributed by atoms with Crippen molar-refractivity contribution in [2.24, 2.45) is 0 Å². The third-order valence-corrected chi connectivity index (χ3v) is 6.42. The zero-order valence-electron chi connectivity index (χ0n) is 19.4. The maximum atomic E-state index is 13.1. The van der Waals surface area contributed by atoms with E-state index in [2.05, 4.69) is 52.0 Å². The topological polar surface area (TPSA) is 72.1 Å². The van der Waals surface area contributed by atoms with Crippen molar-refractivity contribution in [3.63, 3.8) is 0 Å². The van der Waals surface area contributed by atoms with E-state index < -0.39 is 5.79 Å². The van der Waals surface area contributed by atoms with Gasteiger partial charge >= 0.3 is 0 Å². The molecule has 1 unspecified atom stereocenters. The summed E-state index contributed by atoms with van der Waals surface area (Å²) >= 11 is 0. The fourth-order valence-electron chi connectivity index (χ4n) is 4.83. The van der Waals surface area contributed by atoms with E-state index in [1.165, 1.54) is 18.4 Å². The van der Waals surface area contributed by atoms with Gasteiger partial charge in [0.25, 0.3) is 5.91 Å². The molecule has 2 atom stereocenters. The number of carbonyl (C=O) groups excluding carboxylic acids is 1. The Bertz CT molecular complexity index is 1060. The molecule has 0 spiro atoms.